The Labute approximate surface area is 129 Å². The van der Waals surface area contributed by atoms with E-state index < -0.39 is 0 Å². The number of aromatic nitrogens is 1. The average Bonchev–Trinajstić information content (AvgIpc) is 2.48. The predicted molar refractivity (Wildman–Crippen MR) is 84.8 cm³/mol. The topological polar surface area (TPSA) is 43.2 Å². The summed E-state index contributed by atoms with van der Waals surface area (Å²) in [6, 6.07) is 6.61. The molecule has 2 rings (SSSR count). The van der Waals surface area contributed by atoms with Gasteiger partial charge in [0, 0.05) is 30.7 Å². The molecule has 0 aromatic carbocycles. The number of halogens is 1. The average molecular weight is 337 g/mol. The van der Waals surface area contributed by atoms with Gasteiger partial charge in [-0.2, -0.15) is 5.26 Å². The fourth-order valence-corrected chi connectivity index (χ4v) is 2.79. The zero-order chi connectivity index (χ0) is 14.5. The van der Waals surface area contributed by atoms with Gasteiger partial charge in [-0.15, -0.1) is 0 Å². The van der Waals surface area contributed by atoms with Gasteiger partial charge in [0.25, 0.3) is 0 Å². The Morgan fingerprint density at radius 1 is 1.35 bits per heavy atom. The van der Waals surface area contributed by atoms with Crippen LogP contribution in [-0.2, 0) is 0 Å². The summed E-state index contributed by atoms with van der Waals surface area (Å²) in [5.41, 5.74) is 1.02. The van der Waals surface area contributed by atoms with E-state index in [4.69, 9.17) is 0 Å². The minimum atomic E-state index is 0.0711. The van der Waals surface area contributed by atoms with E-state index in [1.807, 2.05) is 6.92 Å². The van der Waals surface area contributed by atoms with Crippen LogP contribution in [0.15, 0.2) is 16.6 Å². The molecule has 0 saturated carbocycles. The lowest BCUT2D eigenvalue weighted by Gasteiger charge is -2.37. The molecule has 4 nitrogen and oxygen atoms in total. The minimum Gasteiger partial charge on any atom is -0.354 e. The third-order valence-corrected chi connectivity index (χ3v) is 4.63. The van der Waals surface area contributed by atoms with Crippen LogP contribution >= 0.6 is 15.9 Å². The molecule has 1 aliphatic heterocycles. The van der Waals surface area contributed by atoms with Gasteiger partial charge in [-0.3, -0.25) is 4.90 Å². The van der Waals surface area contributed by atoms with Gasteiger partial charge in [-0.05, 0) is 41.4 Å². The van der Waals surface area contributed by atoms with Crippen LogP contribution in [0.1, 0.15) is 25.5 Å². The standard InChI is InChI=1S/C15H21BrN4/c1-3-4-13(11-17)19-7-9-20(10-8-19)15-6-5-14(16)12(2)18-15/h5-6,13H,3-4,7-10H2,1-2H3. The van der Waals surface area contributed by atoms with Gasteiger partial charge in [0.05, 0.1) is 17.8 Å². The molecule has 1 aromatic rings. The molecule has 1 atom stereocenters. The van der Waals surface area contributed by atoms with Gasteiger partial charge in [0.1, 0.15) is 5.82 Å². The van der Waals surface area contributed by atoms with E-state index in [2.05, 4.69) is 55.8 Å². The third-order valence-electron chi connectivity index (χ3n) is 3.80. The minimum absolute atomic E-state index is 0.0711. The molecule has 5 heteroatoms. The molecule has 1 aromatic heterocycles. The number of hydrogen-bond acceptors (Lipinski definition) is 4. The molecule has 0 aliphatic carbocycles. The molecule has 0 bridgehead atoms. The number of nitrogens with zero attached hydrogens (tertiary/aromatic N) is 4. The van der Waals surface area contributed by atoms with E-state index in [9.17, 15) is 5.26 Å². The first-order valence-corrected chi connectivity index (χ1v) is 7.96. The van der Waals surface area contributed by atoms with E-state index in [1.165, 1.54) is 0 Å². The number of rotatable bonds is 4. The van der Waals surface area contributed by atoms with E-state index >= 15 is 0 Å². The summed E-state index contributed by atoms with van der Waals surface area (Å²) in [6.07, 6.45) is 2.03. The third kappa shape index (κ3) is 3.50. The van der Waals surface area contributed by atoms with Crippen molar-refractivity contribution in [3.63, 3.8) is 0 Å². The van der Waals surface area contributed by atoms with Gasteiger partial charge < -0.3 is 4.90 Å². The first kappa shape index (κ1) is 15.3. The van der Waals surface area contributed by atoms with Crippen LogP contribution in [0.4, 0.5) is 5.82 Å². The maximum absolute atomic E-state index is 9.24. The second-order valence-electron chi connectivity index (χ2n) is 5.19. The monoisotopic (exact) mass is 336 g/mol. The van der Waals surface area contributed by atoms with Crippen molar-refractivity contribution in [3.8, 4) is 6.07 Å². The van der Waals surface area contributed by atoms with Crippen molar-refractivity contribution >= 4 is 21.7 Å². The first-order chi connectivity index (χ1) is 9.65. The molecule has 0 radical (unpaired) electrons. The van der Waals surface area contributed by atoms with E-state index in [0.717, 1.165) is 55.0 Å². The highest BCUT2D eigenvalue weighted by Gasteiger charge is 2.23. The lowest BCUT2D eigenvalue weighted by Crippen LogP contribution is -2.50. The van der Waals surface area contributed by atoms with Gasteiger partial charge >= 0.3 is 0 Å². The molecule has 2 heterocycles. The van der Waals surface area contributed by atoms with E-state index in [1.54, 1.807) is 0 Å². The van der Waals surface area contributed by atoms with Gasteiger partial charge in [-0.25, -0.2) is 4.98 Å². The molecule has 20 heavy (non-hydrogen) atoms. The molecule has 1 aliphatic rings. The zero-order valence-corrected chi connectivity index (χ0v) is 13.7. The van der Waals surface area contributed by atoms with Crippen molar-refractivity contribution in [1.29, 1.82) is 5.26 Å². The van der Waals surface area contributed by atoms with Gasteiger partial charge in [-0.1, -0.05) is 13.3 Å². The smallest absolute Gasteiger partial charge is 0.128 e. The van der Waals surface area contributed by atoms with Crippen molar-refractivity contribution in [3.05, 3.63) is 22.3 Å². The zero-order valence-electron chi connectivity index (χ0n) is 12.1. The lowest BCUT2D eigenvalue weighted by atomic mass is 10.1. The molecule has 1 saturated heterocycles. The maximum Gasteiger partial charge on any atom is 0.128 e. The number of nitriles is 1. The van der Waals surface area contributed by atoms with Crippen molar-refractivity contribution in [2.75, 3.05) is 31.1 Å². The Balaban J connectivity index is 1.97. The highest BCUT2D eigenvalue weighted by Crippen LogP contribution is 2.21. The van der Waals surface area contributed by atoms with Gasteiger partial charge in [0.15, 0.2) is 0 Å². The Kier molecular flexibility index (Phi) is 5.38. The Morgan fingerprint density at radius 2 is 2.05 bits per heavy atom. The lowest BCUT2D eigenvalue weighted by molar-refractivity contribution is 0.211. The van der Waals surface area contributed by atoms with Crippen LogP contribution in [0.3, 0.4) is 0 Å². The first-order valence-electron chi connectivity index (χ1n) is 7.17. The summed E-state index contributed by atoms with van der Waals surface area (Å²) in [4.78, 5) is 9.22. The van der Waals surface area contributed by atoms with Crippen molar-refractivity contribution in [1.82, 2.24) is 9.88 Å². The molecule has 0 amide bonds. The highest BCUT2D eigenvalue weighted by molar-refractivity contribution is 9.10. The van der Waals surface area contributed by atoms with Crippen LogP contribution in [0.2, 0.25) is 0 Å². The largest absolute Gasteiger partial charge is 0.354 e. The number of hydrogen-bond donors (Lipinski definition) is 0. The summed E-state index contributed by atoms with van der Waals surface area (Å²) >= 11 is 3.48. The summed E-state index contributed by atoms with van der Waals surface area (Å²) in [6.45, 7) is 7.90. The maximum atomic E-state index is 9.24. The van der Waals surface area contributed by atoms with E-state index in [-0.39, 0.29) is 6.04 Å². The van der Waals surface area contributed by atoms with Gasteiger partial charge in [0.2, 0.25) is 0 Å². The van der Waals surface area contributed by atoms with Crippen LogP contribution in [0, 0.1) is 18.3 Å². The summed E-state index contributed by atoms with van der Waals surface area (Å²) < 4.78 is 1.05. The molecular formula is C15H21BrN4. The van der Waals surface area contributed by atoms with Crippen molar-refractivity contribution < 1.29 is 0 Å². The highest BCUT2D eigenvalue weighted by atomic mass is 79.9. The Hall–Kier alpha value is -1.12. The second kappa shape index (κ2) is 7.05. The van der Waals surface area contributed by atoms with Crippen LogP contribution in [-0.4, -0.2) is 42.1 Å². The predicted octanol–water partition coefficient (Wildman–Crippen LogP) is 2.97. The van der Waals surface area contributed by atoms with Crippen molar-refractivity contribution in [2.45, 2.75) is 32.7 Å². The summed E-state index contributed by atoms with van der Waals surface area (Å²) in [7, 11) is 0. The van der Waals surface area contributed by atoms with Crippen LogP contribution in [0.25, 0.3) is 0 Å². The molecular weight excluding hydrogens is 316 g/mol. The van der Waals surface area contributed by atoms with Crippen LogP contribution < -0.4 is 4.90 Å². The Bertz CT molecular complexity index is 489. The fourth-order valence-electron chi connectivity index (χ4n) is 2.57. The summed E-state index contributed by atoms with van der Waals surface area (Å²) in [5.74, 6) is 1.04. The number of piperazine rings is 1. The molecule has 0 N–H and O–H groups in total. The second-order valence-corrected chi connectivity index (χ2v) is 6.05. The SMILES string of the molecule is CCCC(C#N)N1CCN(c2ccc(Br)c(C)n2)CC1. The quantitative estimate of drug-likeness (QED) is 0.847. The molecule has 0 spiro atoms. The molecule has 1 fully saturated rings. The van der Waals surface area contributed by atoms with Crippen LogP contribution in [0.5, 0.6) is 0 Å². The molecule has 1 unspecified atom stereocenters. The fraction of sp³-hybridized carbons (Fsp3) is 0.600. The Morgan fingerprint density at radius 3 is 2.60 bits per heavy atom. The number of aryl methyl sites for hydroxylation is 1. The number of pyridine rings is 1. The summed E-state index contributed by atoms with van der Waals surface area (Å²) in [5, 5.41) is 9.24. The normalized spacial score (nSPS) is 17.8. The molecule has 108 valence electrons. The van der Waals surface area contributed by atoms with E-state index in [0.29, 0.717) is 0 Å². The van der Waals surface area contributed by atoms with Crippen molar-refractivity contribution in [2.24, 2.45) is 0 Å². The number of anilines is 1.